The molecule has 0 atom stereocenters. The Morgan fingerprint density at radius 2 is 2.15 bits per heavy atom. The molecule has 1 heterocycles. The lowest BCUT2D eigenvalue weighted by Gasteiger charge is -2.07. The third kappa shape index (κ3) is 3.54. The maximum absolute atomic E-state index is 13.1. The fourth-order valence-electron chi connectivity index (χ4n) is 1.44. The molecular weight excluding hydrogens is 329 g/mol. The summed E-state index contributed by atoms with van der Waals surface area (Å²) in [7, 11) is 0. The lowest BCUT2D eigenvalue weighted by atomic mass is 10.3. The van der Waals surface area contributed by atoms with Gasteiger partial charge in [-0.3, -0.25) is 0 Å². The second-order valence-electron chi connectivity index (χ2n) is 3.78. The van der Waals surface area contributed by atoms with E-state index in [4.69, 9.17) is 9.47 Å². The Morgan fingerprint density at radius 3 is 2.80 bits per heavy atom. The highest BCUT2D eigenvalue weighted by molar-refractivity contribution is 9.10. The van der Waals surface area contributed by atoms with Gasteiger partial charge >= 0.3 is 5.97 Å². The van der Waals surface area contributed by atoms with E-state index in [0.29, 0.717) is 22.4 Å². The van der Waals surface area contributed by atoms with Crippen LogP contribution in [0, 0.1) is 5.82 Å². The van der Waals surface area contributed by atoms with Crippen LogP contribution in [-0.4, -0.2) is 17.6 Å². The SMILES string of the molecule is CCOC(=O)c1ccc(Oc2cc(F)ccc2Br)nc1. The normalized spacial score (nSPS) is 10.2. The summed E-state index contributed by atoms with van der Waals surface area (Å²) in [5.41, 5.74) is 0.331. The zero-order valence-electron chi connectivity index (χ0n) is 10.6. The van der Waals surface area contributed by atoms with Gasteiger partial charge in [-0.15, -0.1) is 0 Å². The molecule has 2 aromatic rings. The monoisotopic (exact) mass is 339 g/mol. The predicted molar refractivity (Wildman–Crippen MR) is 74.4 cm³/mol. The van der Waals surface area contributed by atoms with Gasteiger partial charge in [-0.05, 0) is 41.1 Å². The molecule has 104 valence electrons. The van der Waals surface area contributed by atoms with Crippen LogP contribution >= 0.6 is 15.9 Å². The number of halogens is 2. The lowest BCUT2D eigenvalue weighted by Crippen LogP contribution is -2.04. The standard InChI is InChI=1S/C14H11BrFNO3/c1-2-19-14(18)9-3-6-13(17-8-9)20-12-7-10(16)4-5-11(12)15/h3-8H,2H2,1H3. The highest BCUT2D eigenvalue weighted by Gasteiger charge is 2.09. The average Bonchev–Trinajstić information content (AvgIpc) is 2.44. The third-order valence-corrected chi connectivity index (χ3v) is 3.01. The highest BCUT2D eigenvalue weighted by atomic mass is 79.9. The second-order valence-corrected chi connectivity index (χ2v) is 4.64. The summed E-state index contributed by atoms with van der Waals surface area (Å²) in [5, 5.41) is 0. The predicted octanol–water partition coefficient (Wildman–Crippen LogP) is 3.95. The first-order valence-corrected chi connectivity index (χ1v) is 6.65. The van der Waals surface area contributed by atoms with Crippen molar-refractivity contribution in [1.82, 2.24) is 4.98 Å². The number of rotatable bonds is 4. The van der Waals surface area contributed by atoms with Gasteiger partial charge in [0.2, 0.25) is 5.88 Å². The zero-order chi connectivity index (χ0) is 14.5. The zero-order valence-corrected chi connectivity index (χ0v) is 12.2. The minimum absolute atomic E-state index is 0.254. The number of hydrogen-bond acceptors (Lipinski definition) is 4. The minimum Gasteiger partial charge on any atom is -0.462 e. The quantitative estimate of drug-likeness (QED) is 0.791. The maximum Gasteiger partial charge on any atom is 0.339 e. The van der Waals surface area contributed by atoms with Crippen LogP contribution in [0.5, 0.6) is 11.6 Å². The van der Waals surface area contributed by atoms with Crippen molar-refractivity contribution < 1.29 is 18.7 Å². The van der Waals surface area contributed by atoms with Gasteiger partial charge in [-0.1, -0.05) is 0 Å². The van der Waals surface area contributed by atoms with Crippen molar-refractivity contribution in [3.05, 3.63) is 52.4 Å². The minimum atomic E-state index is -0.446. The van der Waals surface area contributed by atoms with Crippen molar-refractivity contribution in [3.63, 3.8) is 0 Å². The van der Waals surface area contributed by atoms with Crippen LogP contribution in [0.2, 0.25) is 0 Å². The van der Waals surface area contributed by atoms with Crippen molar-refractivity contribution in [2.24, 2.45) is 0 Å². The summed E-state index contributed by atoms with van der Waals surface area (Å²) in [4.78, 5) is 15.4. The molecule has 1 aromatic heterocycles. The summed E-state index contributed by atoms with van der Waals surface area (Å²) in [6, 6.07) is 7.15. The molecule has 0 radical (unpaired) electrons. The highest BCUT2D eigenvalue weighted by Crippen LogP contribution is 2.29. The van der Waals surface area contributed by atoms with Crippen molar-refractivity contribution in [1.29, 1.82) is 0 Å². The number of ether oxygens (including phenoxy) is 2. The molecule has 0 aliphatic rings. The number of benzene rings is 1. The fraction of sp³-hybridized carbons (Fsp3) is 0.143. The van der Waals surface area contributed by atoms with Crippen molar-refractivity contribution in [2.75, 3.05) is 6.61 Å². The summed E-state index contributed by atoms with van der Waals surface area (Å²) >= 11 is 3.25. The van der Waals surface area contributed by atoms with Gasteiger partial charge in [-0.25, -0.2) is 14.2 Å². The smallest absolute Gasteiger partial charge is 0.339 e. The summed E-state index contributed by atoms with van der Waals surface area (Å²) in [6.07, 6.45) is 1.35. The Labute approximate surface area is 123 Å². The van der Waals surface area contributed by atoms with Crippen molar-refractivity contribution in [3.8, 4) is 11.6 Å². The van der Waals surface area contributed by atoms with Crippen molar-refractivity contribution in [2.45, 2.75) is 6.92 Å². The van der Waals surface area contributed by atoms with E-state index < -0.39 is 11.8 Å². The Bertz CT molecular complexity index is 616. The van der Waals surface area contributed by atoms with Gasteiger partial charge < -0.3 is 9.47 Å². The summed E-state index contributed by atoms with van der Waals surface area (Å²) < 4.78 is 24.0. The van der Waals surface area contributed by atoms with Gasteiger partial charge in [0.25, 0.3) is 0 Å². The molecule has 20 heavy (non-hydrogen) atoms. The van der Waals surface area contributed by atoms with E-state index in [2.05, 4.69) is 20.9 Å². The van der Waals surface area contributed by atoms with Crippen LogP contribution in [0.4, 0.5) is 4.39 Å². The van der Waals surface area contributed by atoms with Gasteiger partial charge in [0.1, 0.15) is 11.6 Å². The molecule has 0 fully saturated rings. The number of carbonyl (C=O) groups excluding carboxylic acids is 1. The first-order valence-electron chi connectivity index (χ1n) is 5.86. The number of aromatic nitrogens is 1. The van der Waals surface area contributed by atoms with E-state index in [1.165, 1.54) is 36.5 Å². The Hall–Kier alpha value is -1.95. The van der Waals surface area contributed by atoms with Crippen molar-refractivity contribution >= 4 is 21.9 Å². The fourth-order valence-corrected chi connectivity index (χ4v) is 1.77. The second kappa shape index (κ2) is 6.47. The number of carbonyl (C=O) groups is 1. The number of nitrogens with zero attached hydrogens (tertiary/aromatic N) is 1. The average molecular weight is 340 g/mol. The molecule has 0 N–H and O–H groups in total. The molecular formula is C14H11BrFNO3. The molecule has 0 saturated carbocycles. The molecule has 1 aromatic carbocycles. The van der Waals surface area contributed by atoms with Gasteiger partial charge in [0, 0.05) is 18.3 Å². The molecule has 0 amide bonds. The third-order valence-electron chi connectivity index (χ3n) is 2.36. The van der Waals surface area contributed by atoms with Crippen LogP contribution in [0.1, 0.15) is 17.3 Å². The summed E-state index contributed by atoms with van der Waals surface area (Å²) in [6.45, 7) is 2.03. The molecule has 0 aliphatic carbocycles. The van der Waals surface area contributed by atoms with Crippen LogP contribution in [0.3, 0.4) is 0 Å². The lowest BCUT2D eigenvalue weighted by molar-refractivity contribution is 0.0526. The van der Waals surface area contributed by atoms with E-state index in [0.717, 1.165) is 0 Å². The van der Waals surface area contributed by atoms with Crippen LogP contribution in [0.15, 0.2) is 41.0 Å². The molecule has 0 saturated heterocycles. The molecule has 2 rings (SSSR count). The maximum atomic E-state index is 13.1. The number of esters is 1. The van der Waals surface area contributed by atoms with E-state index >= 15 is 0 Å². The Morgan fingerprint density at radius 1 is 1.35 bits per heavy atom. The molecule has 0 bridgehead atoms. The van der Waals surface area contributed by atoms with Crippen LogP contribution < -0.4 is 4.74 Å². The van der Waals surface area contributed by atoms with E-state index in [1.54, 1.807) is 6.92 Å². The Kier molecular flexibility index (Phi) is 4.68. The molecule has 0 spiro atoms. The van der Waals surface area contributed by atoms with Gasteiger partial charge in [-0.2, -0.15) is 0 Å². The largest absolute Gasteiger partial charge is 0.462 e. The van der Waals surface area contributed by atoms with E-state index in [1.807, 2.05) is 0 Å². The van der Waals surface area contributed by atoms with Gasteiger partial charge in [0.15, 0.2) is 0 Å². The molecule has 0 aliphatic heterocycles. The molecule has 0 unspecified atom stereocenters. The number of hydrogen-bond donors (Lipinski definition) is 0. The molecule has 6 heteroatoms. The van der Waals surface area contributed by atoms with E-state index in [-0.39, 0.29) is 5.88 Å². The number of pyridine rings is 1. The van der Waals surface area contributed by atoms with Crippen LogP contribution in [-0.2, 0) is 4.74 Å². The first kappa shape index (κ1) is 14.5. The summed E-state index contributed by atoms with van der Waals surface area (Å²) in [5.74, 6) is -0.296. The Balaban J connectivity index is 2.14. The molecule has 4 nitrogen and oxygen atoms in total. The topological polar surface area (TPSA) is 48.4 Å². The first-order chi connectivity index (χ1) is 9.60. The van der Waals surface area contributed by atoms with Crippen LogP contribution in [0.25, 0.3) is 0 Å². The van der Waals surface area contributed by atoms with Gasteiger partial charge in [0.05, 0.1) is 16.6 Å². The van der Waals surface area contributed by atoms with E-state index in [9.17, 15) is 9.18 Å².